The maximum Gasteiger partial charge on any atom is 0.191 e. The molecule has 19 heavy (non-hydrogen) atoms. The smallest absolute Gasteiger partial charge is 0.191 e. The van der Waals surface area contributed by atoms with Crippen LogP contribution in [0, 0.1) is 0 Å². The van der Waals surface area contributed by atoms with E-state index in [-0.39, 0.29) is 0 Å². The molecular weight excluding hydrogens is 242 g/mol. The van der Waals surface area contributed by atoms with Crippen molar-refractivity contribution in [3.63, 3.8) is 0 Å². The molecule has 6 nitrogen and oxygen atoms in total. The van der Waals surface area contributed by atoms with Crippen molar-refractivity contribution >= 4 is 5.96 Å². The summed E-state index contributed by atoms with van der Waals surface area (Å²) in [6.07, 6.45) is 0. The summed E-state index contributed by atoms with van der Waals surface area (Å²) in [5.74, 6) is 0.845. The number of rotatable bonds is 6. The van der Waals surface area contributed by atoms with E-state index in [1.54, 1.807) is 14.2 Å². The highest BCUT2D eigenvalue weighted by Crippen LogP contribution is 2.03. The van der Waals surface area contributed by atoms with E-state index >= 15 is 0 Å². The summed E-state index contributed by atoms with van der Waals surface area (Å²) in [4.78, 5) is 9.10. The van der Waals surface area contributed by atoms with Crippen molar-refractivity contribution in [3.8, 4) is 0 Å². The molecule has 1 atom stereocenters. The van der Waals surface area contributed by atoms with E-state index in [0.717, 1.165) is 45.2 Å². The standard InChI is InChI=1S/C13H29N5O/c1-12(18-8-6-17(3)7-9-18)11-16-13(14-2)15-5-10-19-4/h12H,5-11H2,1-4H3,(H2,14,15,16). The van der Waals surface area contributed by atoms with Crippen molar-refractivity contribution < 1.29 is 4.74 Å². The summed E-state index contributed by atoms with van der Waals surface area (Å²) < 4.78 is 5.01. The van der Waals surface area contributed by atoms with Crippen molar-refractivity contribution in [3.05, 3.63) is 0 Å². The molecule has 0 aromatic heterocycles. The van der Waals surface area contributed by atoms with E-state index < -0.39 is 0 Å². The van der Waals surface area contributed by atoms with E-state index in [4.69, 9.17) is 4.74 Å². The molecule has 0 aliphatic carbocycles. The Kier molecular flexibility index (Phi) is 7.78. The molecule has 1 heterocycles. The zero-order valence-electron chi connectivity index (χ0n) is 12.8. The zero-order valence-corrected chi connectivity index (χ0v) is 12.8. The van der Waals surface area contributed by atoms with Crippen molar-refractivity contribution in [2.75, 3.05) is 67.1 Å². The number of nitrogens with one attached hydrogen (secondary N) is 2. The van der Waals surface area contributed by atoms with Crippen molar-refractivity contribution in [2.45, 2.75) is 13.0 Å². The summed E-state index contributed by atoms with van der Waals surface area (Å²) in [5.41, 5.74) is 0. The third-order valence-electron chi connectivity index (χ3n) is 3.55. The first-order valence-corrected chi connectivity index (χ1v) is 7.03. The van der Waals surface area contributed by atoms with E-state index in [9.17, 15) is 0 Å². The maximum absolute atomic E-state index is 5.01. The lowest BCUT2D eigenvalue weighted by molar-refractivity contribution is 0.120. The highest BCUT2D eigenvalue weighted by Gasteiger charge is 2.18. The fraction of sp³-hybridized carbons (Fsp3) is 0.923. The summed E-state index contributed by atoms with van der Waals surface area (Å²) in [6.45, 7) is 9.26. The molecule has 1 saturated heterocycles. The number of hydrogen-bond donors (Lipinski definition) is 2. The number of ether oxygens (including phenoxy) is 1. The molecule has 2 N–H and O–H groups in total. The van der Waals surface area contributed by atoms with Gasteiger partial charge in [0.2, 0.25) is 0 Å². The second kappa shape index (κ2) is 9.12. The highest BCUT2D eigenvalue weighted by molar-refractivity contribution is 5.79. The minimum absolute atomic E-state index is 0.523. The molecule has 112 valence electrons. The molecule has 0 saturated carbocycles. The molecule has 1 unspecified atom stereocenters. The highest BCUT2D eigenvalue weighted by atomic mass is 16.5. The van der Waals surface area contributed by atoms with Gasteiger partial charge in [-0.05, 0) is 14.0 Å². The first-order valence-electron chi connectivity index (χ1n) is 7.03. The summed E-state index contributed by atoms with van der Waals surface area (Å²) in [5, 5.41) is 6.59. The van der Waals surface area contributed by atoms with E-state index in [1.807, 2.05) is 0 Å². The van der Waals surface area contributed by atoms with Crippen molar-refractivity contribution in [1.29, 1.82) is 0 Å². The van der Waals surface area contributed by atoms with Gasteiger partial charge in [0.1, 0.15) is 0 Å². The molecule has 0 spiro atoms. The molecule has 1 aliphatic heterocycles. The summed E-state index contributed by atoms with van der Waals surface area (Å²) in [6, 6.07) is 0.523. The van der Waals surface area contributed by atoms with Crippen LogP contribution in [-0.4, -0.2) is 88.9 Å². The Hall–Kier alpha value is -0.850. The van der Waals surface area contributed by atoms with Crippen molar-refractivity contribution in [1.82, 2.24) is 20.4 Å². The minimum atomic E-state index is 0.523. The van der Waals surface area contributed by atoms with Gasteiger partial charge in [0.25, 0.3) is 0 Å². The quantitative estimate of drug-likeness (QED) is 0.385. The second-order valence-electron chi connectivity index (χ2n) is 5.06. The Morgan fingerprint density at radius 2 is 1.95 bits per heavy atom. The Bertz CT molecular complexity index is 264. The fourth-order valence-electron chi connectivity index (χ4n) is 2.13. The van der Waals surface area contributed by atoms with Gasteiger partial charge in [-0.15, -0.1) is 0 Å². The van der Waals surface area contributed by atoms with Crippen LogP contribution in [0.4, 0.5) is 0 Å². The lowest BCUT2D eigenvalue weighted by Crippen LogP contribution is -2.52. The van der Waals surface area contributed by atoms with Crippen LogP contribution in [0.3, 0.4) is 0 Å². The molecule has 1 aliphatic rings. The number of methoxy groups -OCH3 is 1. The lowest BCUT2D eigenvalue weighted by Gasteiger charge is -2.36. The number of nitrogens with zero attached hydrogens (tertiary/aromatic N) is 3. The maximum atomic E-state index is 5.01. The predicted octanol–water partition coefficient (Wildman–Crippen LogP) is -0.566. The topological polar surface area (TPSA) is 52.1 Å². The van der Waals surface area contributed by atoms with Crippen LogP contribution < -0.4 is 10.6 Å². The first kappa shape index (κ1) is 16.2. The monoisotopic (exact) mass is 271 g/mol. The first-order chi connectivity index (χ1) is 9.17. The second-order valence-corrected chi connectivity index (χ2v) is 5.06. The van der Waals surface area contributed by atoms with Crippen LogP contribution in [0.1, 0.15) is 6.92 Å². The van der Waals surface area contributed by atoms with Gasteiger partial charge in [-0.2, -0.15) is 0 Å². The Labute approximate surface area is 117 Å². The Morgan fingerprint density at radius 3 is 2.53 bits per heavy atom. The largest absolute Gasteiger partial charge is 0.383 e. The molecule has 0 amide bonds. The molecule has 6 heteroatoms. The average molecular weight is 271 g/mol. The van der Waals surface area contributed by atoms with Gasteiger partial charge in [-0.25, -0.2) is 0 Å². The Morgan fingerprint density at radius 1 is 1.26 bits per heavy atom. The third kappa shape index (κ3) is 6.22. The number of likely N-dealkylation sites (N-methyl/N-ethyl adjacent to an activating group) is 1. The fourth-order valence-corrected chi connectivity index (χ4v) is 2.13. The average Bonchev–Trinajstić information content (AvgIpc) is 2.43. The van der Waals surface area contributed by atoms with E-state index in [0.29, 0.717) is 12.6 Å². The normalized spacial score (nSPS) is 20.3. The van der Waals surface area contributed by atoms with Crippen LogP contribution in [0.2, 0.25) is 0 Å². The van der Waals surface area contributed by atoms with Crippen LogP contribution in [0.15, 0.2) is 4.99 Å². The molecular formula is C13H29N5O. The van der Waals surface area contributed by atoms with Crippen LogP contribution in [-0.2, 0) is 4.74 Å². The molecule has 1 fully saturated rings. The number of hydrogen-bond acceptors (Lipinski definition) is 4. The third-order valence-corrected chi connectivity index (χ3v) is 3.55. The number of piperazine rings is 1. The summed E-state index contributed by atoms with van der Waals surface area (Å²) in [7, 11) is 5.68. The lowest BCUT2D eigenvalue weighted by atomic mass is 10.2. The van der Waals surface area contributed by atoms with Crippen molar-refractivity contribution in [2.24, 2.45) is 4.99 Å². The minimum Gasteiger partial charge on any atom is -0.383 e. The zero-order chi connectivity index (χ0) is 14.1. The number of aliphatic imine (C=N–C) groups is 1. The molecule has 0 aromatic rings. The molecule has 0 bridgehead atoms. The van der Waals surface area contributed by atoms with E-state index in [2.05, 4.69) is 39.4 Å². The predicted molar refractivity (Wildman–Crippen MR) is 79.8 cm³/mol. The number of guanidine groups is 1. The van der Waals surface area contributed by atoms with Gasteiger partial charge in [-0.1, -0.05) is 0 Å². The van der Waals surface area contributed by atoms with Crippen LogP contribution >= 0.6 is 0 Å². The van der Waals surface area contributed by atoms with Gasteiger partial charge >= 0.3 is 0 Å². The Balaban J connectivity index is 2.22. The summed E-state index contributed by atoms with van der Waals surface area (Å²) >= 11 is 0. The molecule has 1 rings (SSSR count). The van der Waals surface area contributed by atoms with Gasteiger partial charge < -0.3 is 20.3 Å². The molecule has 0 radical (unpaired) electrons. The molecule has 0 aromatic carbocycles. The van der Waals surface area contributed by atoms with E-state index in [1.165, 1.54) is 0 Å². The van der Waals surface area contributed by atoms with Crippen LogP contribution in [0.25, 0.3) is 0 Å². The van der Waals surface area contributed by atoms with Gasteiger partial charge in [0, 0.05) is 59.5 Å². The van der Waals surface area contributed by atoms with Gasteiger partial charge in [0.05, 0.1) is 6.61 Å². The van der Waals surface area contributed by atoms with Gasteiger partial charge in [0.15, 0.2) is 5.96 Å². The SMILES string of the molecule is CN=C(NCCOC)NCC(C)N1CCN(C)CC1. The van der Waals surface area contributed by atoms with Gasteiger partial charge in [-0.3, -0.25) is 9.89 Å². The van der Waals surface area contributed by atoms with Crippen LogP contribution in [0.5, 0.6) is 0 Å².